The van der Waals surface area contributed by atoms with Gasteiger partial charge in [0, 0.05) is 41.5 Å². The number of rotatable bonds is 2. The van der Waals surface area contributed by atoms with E-state index in [1.807, 2.05) is 11.8 Å². The first kappa shape index (κ1) is 22.1. The lowest BCUT2D eigenvalue weighted by Crippen LogP contribution is -2.46. The molecule has 3 N–H and O–H groups in total. The molecule has 164 valence electrons. The summed E-state index contributed by atoms with van der Waals surface area (Å²) in [4.78, 5) is 20.2. The number of aliphatic hydroxyl groups excluding tert-OH is 1. The maximum atomic E-state index is 10.2. The maximum Gasteiger partial charge on any atom is 0.337 e. The fourth-order valence-electron chi connectivity index (χ4n) is 3.56. The van der Waals surface area contributed by atoms with Gasteiger partial charge < -0.3 is 20.4 Å². The number of aliphatic carboxylic acids is 1. The molecule has 0 radical (unpaired) electrons. The molecular weight excluding hydrogens is 422 g/mol. The van der Waals surface area contributed by atoms with E-state index in [1.165, 1.54) is 15.4 Å². The highest BCUT2D eigenvalue weighted by Gasteiger charge is 2.22. The zero-order chi connectivity index (χ0) is 22.3. The third-order valence-corrected chi connectivity index (χ3v) is 6.35. The van der Waals surface area contributed by atoms with Gasteiger partial charge in [0.1, 0.15) is 5.84 Å². The second-order valence-electron chi connectivity index (χ2n) is 7.39. The molecule has 2 aliphatic heterocycles. The normalized spacial score (nSPS) is 15.8. The summed E-state index contributed by atoms with van der Waals surface area (Å²) in [5, 5.41) is 20.8. The number of amidine groups is 1. The van der Waals surface area contributed by atoms with Gasteiger partial charge in [-0.15, -0.1) is 0 Å². The van der Waals surface area contributed by atoms with Gasteiger partial charge >= 0.3 is 5.97 Å². The highest BCUT2D eigenvalue weighted by Crippen LogP contribution is 2.40. The summed E-state index contributed by atoms with van der Waals surface area (Å²) in [5.74, 6) is -0.110. The molecule has 1 saturated heterocycles. The van der Waals surface area contributed by atoms with Crippen molar-refractivity contribution in [1.82, 2.24) is 10.2 Å². The van der Waals surface area contributed by atoms with Crippen molar-refractivity contribution in [3.05, 3.63) is 90.0 Å². The standard InChI is InChI=1S/C17H17N3S.C8H8O3/c1-3-7-15-13(5-1)17(20-11-9-18-10-12-20)19-14-6-2-4-8-16(14)21-15;9-7(8(10)11)6-4-2-1-3-5-6/h1-8,18H,9-12H2;1-5,7,9H,(H,10,11). The Hall–Kier alpha value is -3.13. The van der Waals surface area contributed by atoms with Crippen molar-refractivity contribution in [3.8, 4) is 0 Å². The van der Waals surface area contributed by atoms with Crippen molar-refractivity contribution in [2.24, 2.45) is 4.99 Å². The van der Waals surface area contributed by atoms with Crippen LogP contribution in [0, 0.1) is 0 Å². The molecule has 32 heavy (non-hydrogen) atoms. The Morgan fingerprint density at radius 2 is 1.53 bits per heavy atom. The molecule has 3 aromatic carbocycles. The van der Waals surface area contributed by atoms with Crippen molar-refractivity contribution in [1.29, 1.82) is 0 Å². The summed E-state index contributed by atoms with van der Waals surface area (Å²) >= 11 is 1.81. The van der Waals surface area contributed by atoms with Crippen LogP contribution in [0.15, 0.2) is 93.6 Å². The Morgan fingerprint density at radius 3 is 2.25 bits per heavy atom. The first-order chi connectivity index (χ1) is 15.6. The molecule has 5 rings (SSSR count). The van der Waals surface area contributed by atoms with Gasteiger partial charge in [0.2, 0.25) is 0 Å². The highest BCUT2D eigenvalue weighted by molar-refractivity contribution is 7.99. The summed E-state index contributed by atoms with van der Waals surface area (Å²) < 4.78 is 0. The molecule has 1 fully saturated rings. The predicted octanol–water partition coefficient (Wildman–Crippen LogP) is 3.94. The lowest BCUT2D eigenvalue weighted by atomic mass is 10.1. The molecule has 2 heterocycles. The number of carboxylic acid groups (broad SMARTS) is 1. The van der Waals surface area contributed by atoms with Crippen molar-refractivity contribution in [3.63, 3.8) is 0 Å². The van der Waals surface area contributed by atoms with Crippen LogP contribution >= 0.6 is 11.8 Å². The number of hydrogen-bond acceptors (Lipinski definition) is 6. The Bertz CT molecular complexity index is 1100. The Morgan fingerprint density at radius 1 is 0.906 bits per heavy atom. The van der Waals surface area contributed by atoms with Crippen LogP contribution in [0.2, 0.25) is 0 Å². The molecule has 7 heteroatoms. The van der Waals surface area contributed by atoms with E-state index < -0.39 is 12.1 Å². The van der Waals surface area contributed by atoms with Crippen LogP contribution in [0.5, 0.6) is 0 Å². The van der Waals surface area contributed by atoms with Gasteiger partial charge in [0.05, 0.1) is 5.69 Å². The monoisotopic (exact) mass is 447 g/mol. The van der Waals surface area contributed by atoms with Gasteiger partial charge in [-0.05, 0) is 23.8 Å². The summed E-state index contributed by atoms with van der Waals surface area (Å²) in [6.45, 7) is 4.08. The van der Waals surface area contributed by atoms with Crippen LogP contribution < -0.4 is 5.32 Å². The number of nitrogens with zero attached hydrogens (tertiary/aromatic N) is 2. The minimum Gasteiger partial charge on any atom is -0.479 e. The van der Waals surface area contributed by atoms with Crippen molar-refractivity contribution < 1.29 is 15.0 Å². The van der Waals surface area contributed by atoms with Crippen LogP contribution in [0.1, 0.15) is 17.2 Å². The highest BCUT2D eigenvalue weighted by atomic mass is 32.2. The van der Waals surface area contributed by atoms with Gasteiger partial charge in [-0.1, -0.05) is 72.4 Å². The zero-order valence-corrected chi connectivity index (χ0v) is 18.3. The van der Waals surface area contributed by atoms with Crippen LogP contribution in [-0.2, 0) is 4.79 Å². The van der Waals surface area contributed by atoms with Crippen LogP contribution in [0.4, 0.5) is 5.69 Å². The van der Waals surface area contributed by atoms with Gasteiger partial charge in [-0.2, -0.15) is 0 Å². The molecule has 6 nitrogen and oxygen atoms in total. The first-order valence-corrected chi connectivity index (χ1v) is 11.3. The SMILES string of the molecule is O=C(O)C(O)c1ccccc1.c1ccc2c(c1)N=C(N1CCNCC1)c1ccccc1S2. The summed E-state index contributed by atoms with van der Waals surface area (Å²) in [6, 6.07) is 25.3. The third-order valence-electron chi connectivity index (χ3n) is 5.21. The van der Waals surface area contributed by atoms with E-state index in [0.29, 0.717) is 5.56 Å². The molecule has 0 amide bonds. The number of fused-ring (bicyclic) bond motifs is 2. The molecule has 1 atom stereocenters. The molecule has 0 spiro atoms. The largest absolute Gasteiger partial charge is 0.479 e. The molecular formula is C25H25N3O3S. The number of carbonyl (C=O) groups is 1. The molecule has 0 aliphatic carbocycles. The third kappa shape index (κ3) is 5.19. The Kier molecular flexibility index (Phi) is 7.21. The quantitative estimate of drug-likeness (QED) is 0.552. The van der Waals surface area contributed by atoms with Gasteiger partial charge in [-0.3, -0.25) is 0 Å². The van der Waals surface area contributed by atoms with Crippen LogP contribution in [0.3, 0.4) is 0 Å². The van der Waals surface area contributed by atoms with E-state index in [9.17, 15) is 4.79 Å². The number of hydrogen-bond donors (Lipinski definition) is 3. The zero-order valence-electron chi connectivity index (χ0n) is 17.5. The Balaban J connectivity index is 0.000000189. The second-order valence-corrected chi connectivity index (χ2v) is 8.47. The van der Waals surface area contributed by atoms with Gasteiger partial charge in [0.15, 0.2) is 6.10 Å². The van der Waals surface area contributed by atoms with E-state index in [2.05, 4.69) is 58.7 Å². The Labute approximate surface area is 191 Å². The lowest BCUT2D eigenvalue weighted by molar-refractivity contribution is -0.146. The van der Waals surface area contributed by atoms with Crippen molar-refractivity contribution in [2.75, 3.05) is 26.2 Å². The summed E-state index contributed by atoms with van der Waals surface area (Å²) in [6.07, 6.45) is -1.41. The maximum absolute atomic E-state index is 10.2. The number of piperazine rings is 1. The van der Waals surface area contributed by atoms with E-state index in [4.69, 9.17) is 15.2 Å². The van der Waals surface area contributed by atoms with Crippen LogP contribution in [-0.4, -0.2) is 53.1 Å². The predicted molar refractivity (Wildman–Crippen MR) is 127 cm³/mol. The summed E-state index contributed by atoms with van der Waals surface area (Å²) in [5.41, 5.74) is 2.73. The number of para-hydroxylation sites is 1. The average molecular weight is 448 g/mol. The van der Waals surface area contributed by atoms with Crippen molar-refractivity contribution in [2.45, 2.75) is 15.9 Å². The van der Waals surface area contributed by atoms with Crippen molar-refractivity contribution >= 4 is 29.3 Å². The lowest BCUT2D eigenvalue weighted by Gasteiger charge is -2.30. The van der Waals surface area contributed by atoms with Gasteiger partial charge in [-0.25, -0.2) is 9.79 Å². The van der Waals surface area contributed by atoms with Gasteiger partial charge in [0.25, 0.3) is 0 Å². The van der Waals surface area contributed by atoms with E-state index in [1.54, 1.807) is 30.3 Å². The molecule has 0 saturated carbocycles. The number of aliphatic hydroxyl groups is 1. The topological polar surface area (TPSA) is 85.2 Å². The number of carboxylic acids is 1. The van der Waals surface area contributed by atoms with E-state index in [0.717, 1.165) is 37.7 Å². The fraction of sp³-hybridized carbons (Fsp3) is 0.200. The molecule has 0 bridgehead atoms. The molecule has 1 unspecified atom stereocenters. The number of nitrogens with one attached hydrogen (secondary N) is 1. The molecule has 0 aromatic heterocycles. The average Bonchev–Trinajstić information content (AvgIpc) is 3.02. The summed E-state index contributed by atoms with van der Waals surface area (Å²) in [7, 11) is 0. The first-order valence-electron chi connectivity index (χ1n) is 10.5. The smallest absolute Gasteiger partial charge is 0.337 e. The van der Waals surface area contributed by atoms with E-state index >= 15 is 0 Å². The minimum atomic E-state index is -1.41. The molecule has 3 aromatic rings. The minimum absolute atomic E-state index is 0.403. The fourth-order valence-corrected chi connectivity index (χ4v) is 4.58. The second kappa shape index (κ2) is 10.5. The molecule has 2 aliphatic rings. The number of aliphatic imine (C=N–C) groups is 1. The van der Waals surface area contributed by atoms with Crippen LogP contribution in [0.25, 0.3) is 0 Å². The van der Waals surface area contributed by atoms with E-state index in [-0.39, 0.29) is 0 Å². The number of benzene rings is 3.